The fourth-order valence-electron chi connectivity index (χ4n) is 6.29. The van der Waals surface area contributed by atoms with Gasteiger partial charge < -0.3 is 19.8 Å². The highest BCUT2D eigenvalue weighted by Gasteiger charge is 2.46. The molecule has 2 amide bonds. The van der Waals surface area contributed by atoms with Gasteiger partial charge in [0.2, 0.25) is 5.91 Å². The number of nitriles is 1. The summed E-state index contributed by atoms with van der Waals surface area (Å²) in [7, 11) is 1.41. The molecule has 1 fully saturated rings. The van der Waals surface area contributed by atoms with Gasteiger partial charge in [-0.15, -0.1) is 0 Å². The van der Waals surface area contributed by atoms with Gasteiger partial charge in [-0.3, -0.25) is 14.4 Å². The smallest absolute Gasteiger partial charge is 0.284 e. The van der Waals surface area contributed by atoms with Crippen molar-refractivity contribution in [1.82, 2.24) is 24.2 Å². The van der Waals surface area contributed by atoms with E-state index in [9.17, 15) is 24.8 Å². The van der Waals surface area contributed by atoms with Crippen LogP contribution in [0.1, 0.15) is 33.3 Å². The molecule has 0 saturated carbocycles. The maximum atomic E-state index is 16.2. The lowest BCUT2D eigenvalue weighted by atomic mass is 9.98. The van der Waals surface area contributed by atoms with E-state index in [0.29, 0.717) is 0 Å². The fourth-order valence-corrected chi connectivity index (χ4v) is 6.29. The summed E-state index contributed by atoms with van der Waals surface area (Å²) in [6, 6.07) is 5.25. The second kappa shape index (κ2) is 10.5. The lowest BCUT2D eigenvalue weighted by molar-refractivity contribution is -0.130. The molecular formula is C32H30F2N8O4. The number of hydrogen-bond donors (Lipinski definition) is 1. The van der Waals surface area contributed by atoms with Crippen LogP contribution in [0.15, 0.2) is 47.9 Å². The summed E-state index contributed by atoms with van der Waals surface area (Å²) in [5.41, 5.74) is -2.69. The Bertz CT molecular complexity index is 2070. The van der Waals surface area contributed by atoms with Crippen molar-refractivity contribution in [2.24, 2.45) is 0 Å². The lowest BCUT2D eigenvalue weighted by Crippen LogP contribution is -2.66. The third-order valence-electron chi connectivity index (χ3n) is 8.43. The van der Waals surface area contributed by atoms with Crippen LogP contribution in [0.25, 0.3) is 28.1 Å². The molecular weight excluding hydrogens is 598 g/mol. The standard InChI is InChI=1S/C32H30F2N8O4/c1-7-23(44)39-15-21-30(45)38(6)27-26(40(21)14-16(39)2)18-11-20(34)25(24-19(33)9-8-10-22(24)43)37-28(18)41(31(27)46)29-17(12-35)13-36-42(29)32(3,4)5/h7-11,13,16,21,43H,1,14-15H2,2-6H3/t16-,21-/m1/s1. The maximum absolute atomic E-state index is 16.2. The minimum absolute atomic E-state index is 0.00692. The first kappa shape index (κ1) is 30.4. The topological polar surface area (TPSA) is 141 Å². The van der Waals surface area contributed by atoms with Crippen LogP contribution in [0.5, 0.6) is 5.75 Å². The van der Waals surface area contributed by atoms with Crippen LogP contribution >= 0.6 is 0 Å². The van der Waals surface area contributed by atoms with Crippen molar-refractivity contribution >= 4 is 34.2 Å². The van der Waals surface area contributed by atoms with E-state index in [1.807, 2.05) is 6.07 Å². The number of fused-ring (bicyclic) bond motifs is 5. The normalized spacial score (nSPS) is 18.0. The minimum Gasteiger partial charge on any atom is -0.507 e. The first-order chi connectivity index (χ1) is 21.7. The number of benzene rings is 1. The van der Waals surface area contributed by atoms with Crippen molar-refractivity contribution in [3.05, 3.63) is 70.7 Å². The van der Waals surface area contributed by atoms with E-state index < -0.39 is 57.7 Å². The number of halogens is 2. The molecule has 0 radical (unpaired) electrons. The fraction of sp³-hybridized carbons (Fsp3) is 0.312. The SMILES string of the molecule is C=CC(=O)N1C[C@@H]2C(=O)N(C)c3c(c4cc(F)c(-c5c(O)cccc5F)nc4n(-c4c(C#N)cnn4C(C)(C)C)c3=O)N2C[C@H]1C. The van der Waals surface area contributed by atoms with Gasteiger partial charge in [-0.1, -0.05) is 12.6 Å². The molecule has 0 aliphatic carbocycles. The van der Waals surface area contributed by atoms with Gasteiger partial charge in [0.05, 0.1) is 29.5 Å². The monoisotopic (exact) mass is 628 g/mol. The Labute approximate surface area is 262 Å². The number of phenols is 1. The van der Waals surface area contributed by atoms with E-state index in [4.69, 9.17) is 0 Å². The molecule has 0 bridgehead atoms. The third kappa shape index (κ3) is 4.33. The average Bonchev–Trinajstić information content (AvgIpc) is 3.44. The van der Waals surface area contributed by atoms with Crippen molar-refractivity contribution in [1.29, 1.82) is 5.26 Å². The second-order valence-electron chi connectivity index (χ2n) is 12.3. The summed E-state index contributed by atoms with van der Waals surface area (Å²) >= 11 is 0. The number of phenolic OH excluding ortho intramolecular Hbond substituents is 1. The van der Waals surface area contributed by atoms with E-state index in [1.54, 1.807) is 32.6 Å². The molecule has 0 unspecified atom stereocenters. The van der Waals surface area contributed by atoms with Crippen LogP contribution in [0, 0.1) is 23.0 Å². The molecule has 2 aliphatic heterocycles. The molecule has 1 aromatic carbocycles. The number of aromatic hydroxyl groups is 1. The summed E-state index contributed by atoms with van der Waals surface area (Å²) in [4.78, 5) is 50.0. The van der Waals surface area contributed by atoms with Crippen molar-refractivity contribution in [2.75, 3.05) is 29.9 Å². The van der Waals surface area contributed by atoms with Crippen molar-refractivity contribution < 1.29 is 23.5 Å². The zero-order chi connectivity index (χ0) is 33.4. The number of rotatable bonds is 3. The number of likely N-dealkylation sites (N-methyl/N-ethyl adjacent to an activating group) is 1. The predicted octanol–water partition coefficient (Wildman–Crippen LogP) is 3.43. The molecule has 1 saturated heterocycles. The number of amides is 2. The Morgan fingerprint density at radius 1 is 1.17 bits per heavy atom. The molecule has 2 aliphatic rings. The number of pyridine rings is 2. The van der Waals surface area contributed by atoms with Gasteiger partial charge >= 0.3 is 0 Å². The molecule has 236 valence electrons. The molecule has 0 spiro atoms. The average molecular weight is 629 g/mol. The van der Waals surface area contributed by atoms with E-state index in [2.05, 4.69) is 16.7 Å². The highest BCUT2D eigenvalue weighted by Crippen LogP contribution is 2.43. The summed E-state index contributed by atoms with van der Waals surface area (Å²) in [5.74, 6) is -3.36. The maximum Gasteiger partial charge on any atom is 0.284 e. The molecule has 1 N–H and O–H groups in total. The van der Waals surface area contributed by atoms with E-state index >= 15 is 8.78 Å². The van der Waals surface area contributed by atoms with Gasteiger partial charge in [-0.25, -0.2) is 23.0 Å². The quantitative estimate of drug-likeness (QED) is 0.341. The Morgan fingerprint density at radius 2 is 1.89 bits per heavy atom. The van der Waals surface area contributed by atoms with Crippen molar-refractivity contribution in [3.8, 4) is 28.9 Å². The van der Waals surface area contributed by atoms with E-state index in [-0.39, 0.29) is 52.8 Å². The Hall–Kier alpha value is -5.58. The van der Waals surface area contributed by atoms with E-state index in [0.717, 1.165) is 22.8 Å². The first-order valence-electron chi connectivity index (χ1n) is 14.4. The first-order valence-corrected chi connectivity index (χ1v) is 14.4. The van der Waals surface area contributed by atoms with Crippen LogP contribution in [0.4, 0.5) is 20.2 Å². The van der Waals surface area contributed by atoms with Crippen molar-refractivity contribution in [2.45, 2.75) is 45.3 Å². The van der Waals surface area contributed by atoms with Gasteiger partial charge in [-0.2, -0.15) is 10.4 Å². The predicted molar refractivity (Wildman–Crippen MR) is 166 cm³/mol. The zero-order valence-electron chi connectivity index (χ0n) is 25.7. The highest BCUT2D eigenvalue weighted by atomic mass is 19.1. The van der Waals surface area contributed by atoms with Gasteiger partial charge in [0.15, 0.2) is 17.3 Å². The second-order valence-corrected chi connectivity index (χ2v) is 12.3. The molecule has 14 heteroatoms. The Kier molecular flexibility index (Phi) is 6.95. The molecule has 3 aromatic heterocycles. The highest BCUT2D eigenvalue weighted by molar-refractivity contribution is 6.12. The number of aromatic nitrogens is 4. The molecule has 2 atom stereocenters. The van der Waals surface area contributed by atoms with Crippen molar-refractivity contribution in [3.63, 3.8) is 0 Å². The molecule has 4 aromatic rings. The summed E-state index contributed by atoms with van der Waals surface area (Å²) in [6.07, 6.45) is 2.45. The Morgan fingerprint density at radius 3 is 2.52 bits per heavy atom. The largest absolute Gasteiger partial charge is 0.507 e. The summed E-state index contributed by atoms with van der Waals surface area (Å²) < 4.78 is 33.8. The van der Waals surface area contributed by atoms with Gasteiger partial charge in [0.25, 0.3) is 11.5 Å². The van der Waals surface area contributed by atoms with Crippen LogP contribution < -0.4 is 15.4 Å². The third-order valence-corrected chi connectivity index (χ3v) is 8.43. The zero-order valence-corrected chi connectivity index (χ0v) is 25.7. The lowest BCUT2D eigenvalue weighted by Gasteiger charge is -2.49. The Balaban J connectivity index is 1.77. The van der Waals surface area contributed by atoms with Crippen LogP contribution in [0.2, 0.25) is 0 Å². The number of carbonyl (C=O) groups excluding carboxylic acids is 2. The molecule has 46 heavy (non-hydrogen) atoms. The molecule has 5 heterocycles. The van der Waals surface area contributed by atoms with Gasteiger partial charge in [-0.05, 0) is 52.0 Å². The van der Waals surface area contributed by atoms with Crippen LogP contribution in [0.3, 0.4) is 0 Å². The number of hydrogen-bond acceptors (Lipinski definition) is 8. The molecule has 6 rings (SSSR count). The molecule has 12 nitrogen and oxygen atoms in total. The minimum atomic E-state index is -1.00. The van der Waals surface area contributed by atoms with Crippen LogP contribution in [-0.2, 0) is 15.1 Å². The summed E-state index contributed by atoms with van der Waals surface area (Å²) in [5, 5.41) is 25.1. The number of nitrogens with zero attached hydrogens (tertiary/aromatic N) is 8. The summed E-state index contributed by atoms with van der Waals surface area (Å²) in [6.45, 7) is 10.8. The van der Waals surface area contributed by atoms with Crippen LogP contribution in [-0.4, -0.2) is 73.4 Å². The van der Waals surface area contributed by atoms with E-state index in [1.165, 1.54) is 39.9 Å². The number of carbonyl (C=O) groups is 2. The number of piperazine rings is 1. The van der Waals surface area contributed by atoms with Gasteiger partial charge in [0, 0.05) is 25.0 Å². The van der Waals surface area contributed by atoms with Gasteiger partial charge in [0.1, 0.15) is 40.6 Å². The number of anilines is 2.